The van der Waals surface area contributed by atoms with Gasteiger partial charge in [0.05, 0.1) is 18.4 Å². The maximum Gasteiger partial charge on any atom is 0.132 e. The SMILES string of the molecule is C=C(C)c1ccc(OCc2c(OC)cccc2N2CN(C)N=N2)c(C)c1. The first-order chi connectivity index (χ1) is 12.5. The van der Waals surface area contributed by atoms with E-state index in [1.54, 1.807) is 12.1 Å². The molecule has 0 unspecified atom stereocenters. The summed E-state index contributed by atoms with van der Waals surface area (Å²) in [4.78, 5) is 0. The molecule has 2 aromatic carbocycles. The van der Waals surface area contributed by atoms with Gasteiger partial charge in [-0.05, 0) is 54.5 Å². The Morgan fingerprint density at radius 3 is 2.62 bits per heavy atom. The van der Waals surface area contributed by atoms with Crippen molar-refractivity contribution in [2.75, 3.05) is 25.8 Å². The molecule has 0 radical (unpaired) electrons. The number of benzene rings is 2. The first-order valence-corrected chi connectivity index (χ1v) is 8.45. The Kier molecular flexibility index (Phi) is 5.11. The van der Waals surface area contributed by atoms with Gasteiger partial charge in [-0.3, -0.25) is 5.01 Å². The number of anilines is 1. The van der Waals surface area contributed by atoms with Gasteiger partial charge in [0.2, 0.25) is 0 Å². The molecule has 0 bridgehead atoms. The normalized spacial score (nSPS) is 13.2. The van der Waals surface area contributed by atoms with Gasteiger partial charge >= 0.3 is 0 Å². The van der Waals surface area contributed by atoms with Gasteiger partial charge in [-0.15, -0.1) is 0 Å². The predicted molar refractivity (Wildman–Crippen MR) is 103 cm³/mol. The van der Waals surface area contributed by atoms with E-state index in [4.69, 9.17) is 9.47 Å². The summed E-state index contributed by atoms with van der Waals surface area (Å²) in [7, 11) is 3.54. The average Bonchev–Trinajstić information content (AvgIpc) is 3.06. The fourth-order valence-electron chi connectivity index (χ4n) is 2.85. The second-order valence-electron chi connectivity index (χ2n) is 6.38. The van der Waals surface area contributed by atoms with E-state index in [1.807, 2.05) is 56.2 Å². The molecule has 0 aromatic heterocycles. The number of allylic oxidation sites excluding steroid dienone is 1. The van der Waals surface area contributed by atoms with Crippen molar-refractivity contribution >= 4 is 11.3 Å². The first kappa shape index (κ1) is 17.8. The van der Waals surface area contributed by atoms with Gasteiger partial charge < -0.3 is 9.47 Å². The largest absolute Gasteiger partial charge is 0.496 e. The summed E-state index contributed by atoms with van der Waals surface area (Å²) in [5.74, 6) is 1.61. The zero-order chi connectivity index (χ0) is 18.7. The van der Waals surface area contributed by atoms with E-state index in [0.717, 1.165) is 39.4 Å². The number of ether oxygens (including phenoxy) is 2. The zero-order valence-electron chi connectivity index (χ0n) is 15.7. The van der Waals surface area contributed by atoms with Crippen molar-refractivity contribution in [2.45, 2.75) is 20.5 Å². The Balaban J connectivity index is 1.85. The van der Waals surface area contributed by atoms with E-state index in [1.165, 1.54) is 0 Å². The van der Waals surface area contributed by atoms with Gasteiger partial charge in [0.1, 0.15) is 24.8 Å². The molecule has 0 atom stereocenters. The molecule has 1 aliphatic heterocycles. The van der Waals surface area contributed by atoms with Crippen LogP contribution in [0.3, 0.4) is 0 Å². The molecule has 0 saturated heterocycles. The Morgan fingerprint density at radius 2 is 2.00 bits per heavy atom. The predicted octanol–water partition coefficient (Wildman–Crippen LogP) is 4.61. The van der Waals surface area contributed by atoms with Crippen LogP contribution in [0.5, 0.6) is 11.5 Å². The third-order valence-corrected chi connectivity index (χ3v) is 4.29. The van der Waals surface area contributed by atoms with E-state index >= 15 is 0 Å². The lowest BCUT2D eigenvalue weighted by Gasteiger charge is -2.20. The van der Waals surface area contributed by atoms with Crippen LogP contribution in [0.2, 0.25) is 0 Å². The monoisotopic (exact) mass is 352 g/mol. The van der Waals surface area contributed by atoms with Crippen LogP contribution in [0.4, 0.5) is 5.69 Å². The standard InChI is InChI=1S/C20H24N4O2/c1-14(2)16-9-10-19(15(3)11-16)26-12-17-18(7-6-8-20(17)25-5)24-13-23(4)21-22-24/h6-11H,1,12-13H2,2-5H3. The summed E-state index contributed by atoms with van der Waals surface area (Å²) < 4.78 is 11.6. The second kappa shape index (κ2) is 7.47. The van der Waals surface area contributed by atoms with Crippen molar-refractivity contribution in [3.8, 4) is 11.5 Å². The summed E-state index contributed by atoms with van der Waals surface area (Å²) in [6.45, 7) is 8.99. The highest BCUT2D eigenvalue weighted by Crippen LogP contribution is 2.33. The van der Waals surface area contributed by atoms with Gasteiger partial charge in [0.15, 0.2) is 0 Å². The Labute approximate surface area is 154 Å². The van der Waals surface area contributed by atoms with Crippen LogP contribution in [0.1, 0.15) is 23.6 Å². The molecule has 2 aromatic rings. The van der Waals surface area contributed by atoms with Crippen molar-refractivity contribution < 1.29 is 9.47 Å². The quantitative estimate of drug-likeness (QED) is 0.762. The van der Waals surface area contributed by atoms with Crippen molar-refractivity contribution in [1.82, 2.24) is 5.01 Å². The number of hydrogen-bond donors (Lipinski definition) is 0. The molecular formula is C20H24N4O2. The number of methoxy groups -OCH3 is 1. The van der Waals surface area contributed by atoms with Crippen LogP contribution < -0.4 is 14.5 Å². The lowest BCUT2D eigenvalue weighted by molar-refractivity contribution is 0.294. The van der Waals surface area contributed by atoms with Gasteiger partial charge in [-0.1, -0.05) is 29.5 Å². The maximum absolute atomic E-state index is 6.10. The minimum atomic E-state index is 0.377. The fourth-order valence-corrected chi connectivity index (χ4v) is 2.85. The number of hydrogen-bond acceptors (Lipinski definition) is 6. The van der Waals surface area contributed by atoms with E-state index in [-0.39, 0.29) is 0 Å². The molecule has 0 N–H and O–H groups in total. The van der Waals surface area contributed by atoms with E-state index in [9.17, 15) is 0 Å². The molecule has 6 heteroatoms. The molecule has 1 aliphatic rings. The molecule has 26 heavy (non-hydrogen) atoms. The summed E-state index contributed by atoms with van der Waals surface area (Å²) in [5.41, 5.74) is 5.09. The molecule has 3 rings (SSSR count). The molecule has 0 amide bonds. The van der Waals surface area contributed by atoms with Crippen molar-refractivity contribution in [3.63, 3.8) is 0 Å². The van der Waals surface area contributed by atoms with Crippen LogP contribution in [0, 0.1) is 6.92 Å². The van der Waals surface area contributed by atoms with Crippen molar-refractivity contribution in [3.05, 3.63) is 59.7 Å². The van der Waals surface area contributed by atoms with E-state index in [0.29, 0.717) is 13.3 Å². The summed E-state index contributed by atoms with van der Waals surface area (Å²) in [5, 5.41) is 11.8. The van der Waals surface area contributed by atoms with Crippen LogP contribution in [0.15, 0.2) is 53.4 Å². The molecule has 6 nitrogen and oxygen atoms in total. The molecule has 0 saturated carbocycles. The summed E-state index contributed by atoms with van der Waals surface area (Å²) in [6, 6.07) is 12.0. The highest BCUT2D eigenvalue weighted by Gasteiger charge is 2.20. The minimum absolute atomic E-state index is 0.377. The zero-order valence-corrected chi connectivity index (χ0v) is 15.7. The Bertz CT molecular complexity index is 848. The highest BCUT2D eigenvalue weighted by molar-refractivity contribution is 5.63. The molecular weight excluding hydrogens is 328 g/mol. The van der Waals surface area contributed by atoms with Crippen molar-refractivity contribution in [1.29, 1.82) is 0 Å². The lowest BCUT2D eigenvalue weighted by atomic mass is 10.1. The van der Waals surface area contributed by atoms with Crippen LogP contribution in [-0.4, -0.2) is 25.8 Å². The number of aryl methyl sites for hydroxylation is 1. The lowest BCUT2D eigenvalue weighted by Crippen LogP contribution is -2.23. The van der Waals surface area contributed by atoms with Crippen LogP contribution in [0.25, 0.3) is 5.57 Å². The Hall–Kier alpha value is -3.02. The molecule has 0 aliphatic carbocycles. The topological polar surface area (TPSA) is 49.7 Å². The number of nitrogens with zero attached hydrogens (tertiary/aromatic N) is 4. The number of rotatable bonds is 6. The first-order valence-electron chi connectivity index (χ1n) is 8.45. The van der Waals surface area contributed by atoms with E-state index < -0.39 is 0 Å². The third-order valence-electron chi connectivity index (χ3n) is 4.29. The minimum Gasteiger partial charge on any atom is -0.496 e. The highest BCUT2D eigenvalue weighted by atomic mass is 16.5. The van der Waals surface area contributed by atoms with Gasteiger partial charge in [0.25, 0.3) is 0 Å². The van der Waals surface area contributed by atoms with Crippen LogP contribution in [-0.2, 0) is 6.61 Å². The van der Waals surface area contributed by atoms with Gasteiger partial charge in [-0.2, -0.15) is 0 Å². The summed E-state index contributed by atoms with van der Waals surface area (Å²) in [6.07, 6.45) is 0. The second-order valence-corrected chi connectivity index (χ2v) is 6.38. The fraction of sp³-hybridized carbons (Fsp3) is 0.300. The molecule has 0 fully saturated rings. The smallest absolute Gasteiger partial charge is 0.132 e. The van der Waals surface area contributed by atoms with Crippen LogP contribution >= 0.6 is 0 Å². The molecule has 1 heterocycles. The molecule has 0 spiro atoms. The summed E-state index contributed by atoms with van der Waals surface area (Å²) >= 11 is 0. The average molecular weight is 352 g/mol. The van der Waals surface area contributed by atoms with Crippen molar-refractivity contribution in [2.24, 2.45) is 10.4 Å². The van der Waals surface area contributed by atoms with Gasteiger partial charge in [-0.25, -0.2) is 5.01 Å². The third kappa shape index (κ3) is 3.64. The maximum atomic E-state index is 6.10. The Morgan fingerprint density at radius 1 is 1.19 bits per heavy atom. The van der Waals surface area contributed by atoms with Gasteiger partial charge in [0, 0.05) is 7.05 Å². The van der Waals surface area contributed by atoms with E-state index in [2.05, 4.69) is 23.1 Å². The molecule has 136 valence electrons.